The lowest BCUT2D eigenvalue weighted by Crippen LogP contribution is -1.95. The first-order valence-corrected chi connectivity index (χ1v) is 9.22. The second kappa shape index (κ2) is 8.96. The van der Waals surface area contributed by atoms with Crippen LogP contribution >= 0.6 is 0 Å². The van der Waals surface area contributed by atoms with Crippen LogP contribution in [0, 0.1) is 36.2 Å². The minimum atomic E-state index is -1.74. The first-order chi connectivity index (χ1) is 14.3. The lowest BCUT2D eigenvalue weighted by atomic mass is 10.00. The summed E-state index contributed by atoms with van der Waals surface area (Å²) in [5.41, 5.74) is 2.47. The molecule has 3 rings (SSSR count). The summed E-state index contributed by atoms with van der Waals surface area (Å²) in [7, 11) is 0. The largest absolute Gasteiger partial charge is 0.204 e. The molecule has 0 aromatic heterocycles. The quantitative estimate of drug-likeness (QED) is 0.186. The predicted molar refractivity (Wildman–Crippen MR) is 108 cm³/mol. The Morgan fingerprint density at radius 2 is 1.37 bits per heavy atom. The van der Waals surface area contributed by atoms with E-state index < -0.39 is 34.7 Å². The van der Waals surface area contributed by atoms with Crippen molar-refractivity contribution in [3.63, 3.8) is 0 Å². The number of halogens is 5. The van der Waals surface area contributed by atoms with Gasteiger partial charge in [0.05, 0.1) is 0 Å². The molecular formula is C25H17F5. The number of hydrogen-bond donors (Lipinski definition) is 0. The summed E-state index contributed by atoms with van der Waals surface area (Å²) in [5, 5.41) is 0. The molecule has 0 N–H and O–H groups in total. The average Bonchev–Trinajstić information content (AvgIpc) is 2.75. The smallest absolute Gasteiger partial charge is 0.194 e. The maximum absolute atomic E-state index is 14.6. The number of hydrogen-bond acceptors (Lipinski definition) is 0. The highest BCUT2D eigenvalue weighted by molar-refractivity contribution is 5.83. The van der Waals surface area contributed by atoms with E-state index in [1.54, 1.807) is 6.07 Å². The van der Waals surface area contributed by atoms with Crippen LogP contribution in [0.2, 0.25) is 0 Å². The van der Waals surface area contributed by atoms with E-state index in [9.17, 15) is 22.0 Å². The standard InChI is InChI=1S/C25H17F5/c1-3-17-12-19(11-10-18(17)9-8-16-6-4-15(2)5-7-16)23(28)24(29)20-13-21(26)25(30)22(27)14-20/h4-7,10-14H,3H2,1-2H3/b24-23+. The molecule has 0 heterocycles. The van der Waals surface area contributed by atoms with Gasteiger partial charge in [-0.05, 0) is 55.3 Å². The van der Waals surface area contributed by atoms with Gasteiger partial charge in [-0.2, -0.15) is 0 Å². The summed E-state index contributed by atoms with van der Waals surface area (Å²) in [4.78, 5) is 0. The lowest BCUT2D eigenvalue weighted by Gasteiger charge is -2.07. The third kappa shape index (κ3) is 4.60. The molecule has 0 aliphatic carbocycles. The Kier molecular flexibility index (Phi) is 6.37. The van der Waals surface area contributed by atoms with Crippen LogP contribution in [0.4, 0.5) is 22.0 Å². The van der Waals surface area contributed by atoms with Crippen molar-refractivity contribution in [1.29, 1.82) is 0 Å². The van der Waals surface area contributed by atoms with Crippen molar-refractivity contribution >= 4 is 11.7 Å². The molecule has 0 fully saturated rings. The fourth-order valence-corrected chi connectivity index (χ4v) is 2.86. The van der Waals surface area contributed by atoms with E-state index in [1.807, 2.05) is 38.1 Å². The first kappa shape index (κ1) is 21.3. The van der Waals surface area contributed by atoms with Crippen LogP contribution in [-0.4, -0.2) is 0 Å². The van der Waals surface area contributed by atoms with Gasteiger partial charge in [-0.1, -0.05) is 42.5 Å². The highest BCUT2D eigenvalue weighted by Crippen LogP contribution is 2.31. The lowest BCUT2D eigenvalue weighted by molar-refractivity contribution is 0.446. The average molecular weight is 412 g/mol. The molecule has 0 aliphatic heterocycles. The Balaban J connectivity index is 1.97. The van der Waals surface area contributed by atoms with E-state index in [1.165, 1.54) is 12.1 Å². The summed E-state index contributed by atoms with van der Waals surface area (Å²) in [6.07, 6.45) is 0.514. The molecule has 30 heavy (non-hydrogen) atoms. The number of aryl methyl sites for hydroxylation is 2. The van der Waals surface area contributed by atoms with Gasteiger partial charge in [-0.15, -0.1) is 0 Å². The summed E-state index contributed by atoms with van der Waals surface area (Å²) < 4.78 is 68.9. The van der Waals surface area contributed by atoms with Gasteiger partial charge >= 0.3 is 0 Å². The van der Waals surface area contributed by atoms with Crippen LogP contribution in [0.1, 0.15) is 40.3 Å². The predicted octanol–water partition coefficient (Wildman–Crippen LogP) is 7.14. The highest BCUT2D eigenvalue weighted by Gasteiger charge is 2.17. The zero-order chi connectivity index (χ0) is 21.8. The van der Waals surface area contributed by atoms with Crippen LogP contribution in [0.25, 0.3) is 11.7 Å². The molecular weight excluding hydrogens is 395 g/mol. The summed E-state index contributed by atoms with van der Waals surface area (Å²) in [5.74, 6) is -1.65. The first-order valence-electron chi connectivity index (χ1n) is 9.22. The molecule has 0 saturated heterocycles. The molecule has 3 aromatic rings. The van der Waals surface area contributed by atoms with Crippen molar-refractivity contribution in [1.82, 2.24) is 0 Å². The molecule has 0 radical (unpaired) electrons. The summed E-state index contributed by atoms with van der Waals surface area (Å²) in [6.45, 7) is 3.82. The highest BCUT2D eigenvalue weighted by atomic mass is 19.2. The maximum atomic E-state index is 14.6. The molecule has 0 unspecified atom stereocenters. The van der Waals surface area contributed by atoms with Crippen LogP contribution in [-0.2, 0) is 6.42 Å². The summed E-state index contributed by atoms with van der Waals surface area (Å²) >= 11 is 0. The Morgan fingerprint density at radius 1 is 0.767 bits per heavy atom. The summed E-state index contributed by atoms with van der Waals surface area (Å²) in [6, 6.07) is 12.8. The maximum Gasteiger partial charge on any atom is 0.194 e. The third-order valence-electron chi connectivity index (χ3n) is 4.56. The van der Waals surface area contributed by atoms with Crippen molar-refractivity contribution < 1.29 is 22.0 Å². The number of benzene rings is 3. The minimum Gasteiger partial charge on any atom is -0.204 e. The number of rotatable bonds is 3. The molecule has 152 valence electrons. The van der Waals surface area contributed by atoms with Crippen molar-refractivity contribution in [2.75, 3.05) is 0 Å². The van der Waals surface area contributed by atoms with Gasteiger partial charge in [0.2, 0.25) is 0 Å². The SMILES string of the molecule is CCc1cc(/C(F)=C(\F)c2cc(F)c(F)c(F)c2)ccc1C#Cc1ccc(C)cc1. The molecule has 0 bridgehead atoms. The zero-order valence-electron chi connectivity index (χ0n) is 16.3. The second-order valence-electron chi connectivity index (χ2n) is 6.72. The zero-order valence-corrected chi connectivity index (χ0v) is 16.3. The van der Waals surface area contributed by atoms with Gasteiger partial charge in [0.1, 0.15) is 0 Å². The van der Waals surface area contributed by atoms with Gasteiger partial charge in [-0.25, -0.2) is 22.0 Å². The van der Waals surface area contributed by atoms with Gasteiger partial charge in [0, 0.05) is 22.3 Å². The van der Waals surface area contributed by atoms with E-state index in [0.717, 1.165) is 11.1 Å². The molecule has 5 heteroatoms. The van der Waals surface area contributed by atoms with Gasteiger partial charge in [-0.3, -0.25) is 0 Å². The van der Waals surface area contributed by atoms with Gasteiger partial charge in [0.15, 0.2) is 29.1 Å². The topological polar surface area (TPSA) is 0 Å². The van der Waals surface area contributed by atoms with Crippen molar-refractivity contribution in [3.05, 3.63) is 105 Å². The molecule has 0 atom stereocenters. The van der Waals surface area contributed by atoms with Crippen molar-refractivity contribution in [3.8, 4) is 11.8 Å². The Labute approximate surface area is 171 Å². The molecule has 3 aromatic carbocycles. The van der Waals surface area contributed by atoms with Gasteiger partial charge in [0.25, 0.3) is 0 Å². The van der Waals surface area contributed by atoms with E-state index in [-0.39, 0.29) is 5.56 Å². The fraction of sp³-hybridized carbons (Fsp3) is 0.120. The second-order valence-corrected chi connectivity index (χ2v) is 6.72. The van der Waals surface area contributed by atoms with Crippen LogP contribution in [0.3, 0.4) is 0 Å². The molecule has 0 saturated carbocycles. The minimum absolute atomic E-state index is 0.102. The van der Waals surface area contributed by atoms with E-state index in [2.05, 4.69) is 11.8 Å². The molecule has 0 aliphatic rings. The Morgan fingerprint density at radius 3 is 1.97 bits per heavy atom. The van der Waals surface area contributed by atoms with Gasteiger partial charge < -0.3 is 0 Å². The van der Waals surface area contributed by atoms with E-state index >= 15 is 0 Å². The normalized spacial score (nSPS) is 11.6. The molecule has 0 spiro atoms. The van der Waals surface area contributed by atoms with Crippen LogP contribution in [0.15, 0.2) is 54.6 Å². The van der Waals surface area contributed by atoms with Crippen molar-refractivity contribution in [2.45, 2.75) is 20.3 Å². The fourth-order valence-electron chi connectivity index (χ4n) is 2.86. The van der Waals surface area contributed by atoms with E-state index in [0.29, 0.717) is 29.7 Å². The monoisotopic (exact) mass is 412 g/mol. The third-order valence-corrected chi connectivity index (χ3v) is 4.56. The van der Waals surface area contributed by atoms with Crippen LogP contribution < -0.4 is 0 Å². The van der Waals surface area contributed by atoms with E-state index in [4.69, 9.17) is 0 Å². The molecule has 0 nitrogen and oxygen atoms in total. The molecule has 0 amide bonds. The Hall–Kier alpha value is -3.39. The Bertz CT molecular complexity index is 1160. The van der Waals surface area contributed by atoms with Crippen LogP contribution in [0.5, 0.6) is 0 Å². The van der Waals surface area contributed by atoms with Crippen molar-refractivity contribution in [2.24, 2.45) is 0 Å².